The molecule has 37 heavy (non-hydrogen) atoms. The van der Waals surface area contributed by atoms with Gasteiger partial charge in [-0.05, 0) is 50.2 Å². The third-order valence-corrected chi connectivity index (χ3v) is 5.09. The van der Waals surface area contributed by atoms with Crippen molar-refractivity contribution >= 4 is 34.4 Å². The Hall–Kier alpha value is -4.08. The maximum atomic E-state index is 14.5. The Morgan fingerprint density at radius 1 is 0.730 bits per heavy atom. The Morgan fingerprint density at radius 2 is 1.14 bits per heavy atom. The van der Waals surface area contributed by atoms with E-state index in [1.165, 1.54) is 24.3 Å². The standard InChI is InChI=1S/C27H26F4N4O2/c1-14(2)32-17-10-19(28)23(20(29)11-17)34-35-24-21(30)12-18(13-22(24)31)33-26(37)16-8-6-15(7-9-16)25(36)27(3,4)5/h6-14,32H,1-5H3,(H,33,37). The molecule has 0 saturated carbocycles. The molecule has 0 bridgehead atoms. The molecule has 0 spiro atoms. The van der Waals surface area contributed by atoms with Gasteiger partial charge in [0.15, 0.2) is 40.4 Å². The summed E-state index contributed by atoms with van der Waals surface area (Å²) in [6, 6.07) is 9.36. The van der Waals surface area contributed by atoms with Crippen LogP contribution in [0.3, 0.4) is 0 Å². The van der Waals surface area contributed by atoms with E-state index in [1.807, 2.05) is 0 Å². The van der Waals surface area contributed by atoms with Gasteiger partial charge in [-0.25, -0.2) is 17.6 Å². The van der Waals surface area contributed by atoms with Gasteiger partial charge >= 0.3 is 0 Å². The van der Waals surface area contributed by atoms with Gasteiger partial charge in [0, 0.05) is 34.0 Å². The Balaban J connectivity index is 1.77. The van der Waals surface area contributed by atoms with Gasteiger partial charge in [0.1, 0.15) is 0 Å². The Bertz CT molecular complexity index is 1320. The van der Waals surface area contributed by atoms with Gasteiger partial charge in [-0.15, -0.1) is 10.2 Å². The van der Waals surface area contributed by atoms with Crippen LogP contribution in [0, 0.1) is 28.7 Å². The number of hydrogen-bond donors (Lipinski definition) is 2. The van der Waals surface area contributed by atoms with Crippen molar-refractivity contribution in [1.29, 1.82) is 0 Å². The Kier molecular flexibility index (Phi) is 8.10. The number of carbonyl (C=O) groups excluding carboxylic acids is 2. The number of rotatable bonds is 7. The zero-order valence-electron chi connectivity index (χ0n) is 20.9. The van der Waals surface area contributed by atoms with Crippen LogP contribution in [0.25, 0.3) is 0 Å². The lowest BCUT2D eigenvalue weighted by molar-refractivity contribution is 0.0857. The van der Waals surface area contributed by atoms with Crippen LogP contribution in [-0.4, -0.2) is 17.7 Å². The number of hydrogen-bond acceptors (Lipinski definition) is 5. The molecule has 0 aliphatic carbocycles. The molecule has 3 aromatic carbocycles. The fourth-order valence-electron chi connectivity index (χ4n) is 3.32. The number of azo groups is 1. The van der Waals surface area contributed by atoms with Crippen molar-refractivity contribution in [3.63, 3.8) is 0 Å². The van der Waals surface area contributed by atoms with E-state index in [-0.39, 0.29) is 28.8 Å². The lowest BCUT2D eigenvalue weighted by Crippen LogP contribution is -2.20. The van der Waals surface area contributed by atoms with Crippen molar-refractivity contribution < 1.29 is 27.2 Å². The molecule has 10 heteroatoms. The summed E-state index contributed by atoms with van der Waals surface area (Å²) in [5.74, 6) is -5.30. The summed E-state index contributed by atoms with van der Waals surface area (Å²) in [6.45, 7) is 8.89. The van der Waals surface area contributed by atoms with E-state index in [0.717, 1.165) is 24.3 Å². The zero-order valence-corrected chi connectivity index (χ0v) is 20.9. The fourth-order valence-corrected chi connectivity index (χ4v) is 3.32. The maximum absolute atomic E-state index is 14.5. The average molecular weight is 515 g/mol. The minimum atomic E-state index is -1.20. The summed E-state index contributed by atoms with van der Waals surface area (Å²) in [7, 11) is 0. The molecule has 0 radical (unpaired) electrons. The molecule has 0 heterocycles. The number of ketones is 1. The molecular formula is C27H26F4N4O2. The summed E-state index contributed by atoms with van der Waals surface area (Å²) >= 11 is 0. The van der Waals surface area contributed by atoms with Gasteiger partial charge in [-0.1, -0.05) is 32.9 Å². The maximum Gasteiger partial charge on any atom is 0.255 e. The SMILES string of the molecule is CC(C)Nc1cc(F)c(N=Nc2c(F)cc(NC(=O)c3ccc(C(=O)C(C)(C)C)cc3)cc2F)c(F)c1. The minimum Gasteiger partial charge on any atom is -0.383 e. The van der Waals surface area contributed by atoms with Crippen LogP contribution in [0.5, 0.6) is 0 Å². The van der Waals surface area contributed by atoms with E-state index in [4.69, 9.17) is 0 Å². The smallest absolute Gasteiger partial charge is 0.255 e. The van der Waals surface area contributed by atoms with E-state index in [0.29, 0.717) is 5.56 Å². The predicted molar refractivity (Wildman–Crippen MR) is 134 cm³/mol. The average Bonchev–Trinajstić information content (AvgIpc) is 2.78. The summed E-state index contributed by atoms with van der Waals surface area (Å²) in [5, 5.41) is 11.9. The fraction of sp³-hybridized carbons (Fsp3) is 0.259. The molecule has 0 saturated heterocycles. The number of Topliss-reactive ketones (excluding diaryl/α,β-unsaturated/α-hetero) is 1. The molecule has 3 aromatic rings. The quantitative estimate of drug-likeness (QED) is 0.191. The van der Waals surface area contributed by atoms with Crippen LogP contribution in [-0.2, 0) is 0 Å². The molecule has 0 aromatic heterocycles. The van der Waals surface area contributed by atoms with Gasteiger partial charge in [0.05, 0.1) is 0 Å². The predicted octanol–water partition coefficient (Wildman–Crippen LogP) is 7.96. The van der Waals surface area contributed by atoms with E-state index in [1.54, 1.807) is 34.6 Å². The van der Waals surface area contributed by atoms with Gasteiger partial charge in [-0.2, -0.15) is 0 Å². The number of anilines is 2. The zero-order chi connectivity index (χ0) is 27.5. The highest BCUT2D eigenvalue weighted by Crippen LogP contribution is 2.31. The number of benzene rings is 3. The summed E-state index contributed by atoms with van der Waals surface area (Å²) in [5.41, 5.74) is -1.73. The van der Waals surface area contributed by atoms with Crippen LogP contribution >= 0.6 is 0 Å². The molecule has 1 amide bonds. The first-order valence-corrected chi connectivity index (χ1v) is 11.4. The largest absolute Gasteiger partial charge is 0.383 e. The molecule has 0 aliphatic rings. The van der Waals surface area contributed by atoms with Crippen molar-refractivity contribution in [2.75, 3.05) is 10.6 Å². The van der Waals surface area contributed by atoms with Gasteiger partial charge in [0.2, 0.25) is 0 Å². The van der Waals surface area contributed by atoms with Gasteiger partial charge in [-0.3, -0.25) is 9.59 Å². The Morgan fingerprint density at radius 3 is 1.54 bits per heavy atom. The molecular weight excluding hydrogens is 488 g/mol. The van der Waals surface area contributed by atoms with Crippen molar-refractivity contribution in [2.24, 2.45) is 15.6 Å². The molecule has 3 rings (SSSR count). The molecule has 2 N–H and O–H groups in total. The van der Waals surface area contributed by atoms with Gasteiger partial charge in [0.25, 0.3) is 5.91 Å². The van der Waals surface area contributed by atoms with Gasteiger partial charge < -0.3 is 10.6 Å². The third kappa shape index (κ3) is 6.78. The first-order valence-electron chi connectivity index (χ1n) is 11.4. The molecule has 0 atom stereocenters. The second-order valence-electron chi connectivity index (χ2n) is 9.69. The second-order valence-corrected chi connectivity index (χ2v) is 9.69. The first-order chi connectivity index (χ1) is 17.3. The highest BCUT2D eigenvalue weighted by atomic mass is 19.1. The topological polar surface area (TPSA) is 82.9 Å². The van der Waals surface area contributed by atoms with Crippen LogP contribution in [0.4, 0.5) is 40.3 Å². The van der Waals surface area contributed by atoms with E-state index >= 15 is 0 Å². The minimum absolute atomic E-state index is 0.0782. The second kappa shape index (κ2) is 10.9. The van der Waals surface area contributed by atoms with Crippen LogP contribution in [0.15, 0.2) is 58.8 Å². The molecule has 6 nitrogen and oxygen atoms in total. The van der Waals surface area contributed by atoms with Crippen molar-refractivity contribution in [3.8, 4) is 0 Å². The number of halogens is 4. The van der Waals surface area contributed by atoms with Crippen LogP contribution < -0.4 is 10.6 Å². The van der Waals surface area contributed by atoms with Crippen molar-refractivity contribution in [1.82, 2.24) is 0 Å². The lowest BCUT2D eigenvalue weighted by atomic mass is 9.86. The lowest BCUT2D eigenvalue weighted by Gasteiger charge is -2.16. The highest BCUT2D eigenvalue weighted by molar-refractivity contribution is 6.05. The van der Waals surface area contributed by atoms with E-state index in [2.05, 4.69) is 20.9 Å². The monoisotopic (exact) mass is 514 g/mol. The first kappa shape index (κ1) is 27.5. The third-order valence-electron chi connectivity index (χ3n) is 5.09. The number of nitrogens with zero attached hydrogens (tertiary/aromatic N) is 2. The van der Waals surface area contributed by atoms with Crippen LogP contribution in [0.2, 0.25) is 0 Å². The highest BCUT2D eigenvalue weighted by Gasteiger charge is 2.23. The number of carbonyl (C=O) groups is 2. The van der Waals surface area contributed by atoms with Crippen molar-refractivity contribution in [2.45, 2.75) is 40.7 Å². The molecule has 0 unspecified atom stereocenters. The summed E-state index contributed by atoms with van der Waals surface area (Å²) in [4.78, 5) is 24.8. The number of nitrogens with one attached hydrogen (secondary N) is 2. The molecule has 0 fully saturated rings. The molecule has 0 aliphatic heterocycles. The molecule has 194 valence electrons. The van der Waals surface area contributed by atoms with E-state index in [9.17, 15) is 27.2 Å². The van der Waals surface area contributed by atoms with E-state index < -0.39 is 46.0 Å². The van der Waals surface area contributed by atoms with Crippen molar-refractivity contribution in [3.05, 3.63) is 82.9 Å². The summed E-state index contributed by atoms with van der Waals surface area (Å²) < 4.78 is 57.6. The van der Waals surface area contributed by atoms with Crippen LogP contribution in [0.1, 0.15) is 55.3 Å². The number of amides is 1. The summed E-state index contributed by atoms with van der Waals surface area (Å²) in [6.07, 6.45) is 0. The Labute approximate surface area is 211 Å². The normalized spacial score (nSPS) is 11.7.